The van der Waals surface area contributed by atoms with Crippen LogP contribution in [0.3, 0.4) is 0 Å². The fourth-order valence-corrected chi connectivity index (χ4v) is 4.01. The summed E-state index contributed by atoms with van der Waals surface area (Å²) in [5.74, 6) is 0.924. The fraction of sp³-hybridized carbons (Fsp3) is 0.250. The number of aromatic nitrogens is 2. The first kappa shape index (κ1) is 15.0. The fourth-order valence-electron chi connectivity index (χ4n) is 3.76. The zero-order valence-corrected chi connectivity index (χ0v) is 14.5. The molecule has 0 radical (unpaired) electrons. The quantitative estimate of drug-likeness (QED) is 0.616. The van der Waals surface area contributed by atoms with Crippen LogP contribution in [0.4, 0.5) is 4.39 Å². The van der Waals surface area contributed by atoms with Crippen LogP contribution in [0, 0.1) is 12.7 Å². The summed E-state index contributed by atoms with van der Waals surface area (Å²) in [5.41, 5.74) is 3.79. The van der Waals surface area contributed by atoms with Crippen molar-refractivity contribution in [3.63, 3.8) is 0 Å². The Morgan fingerprint density at radius 3 is 2.80 bits per heavy atom. The zero-order chi connectivity index (χ0) is 17.2. The summed E-state index contributed by atoms with van der Waals surface area (Å²) >= 11 is 6.24. The van der Waals surface area contributed by atoms with Crippen LogP contribution in [0.1, 0.15) is 30.5 Å². The summed E-state index contributed by atoms with van der Waals surface area (Å²) in [6, 6.07) is 10.8. The lowest BCUT2D eigenvalue weighted by Gasteiger charge is -2.44. The highest BCUT2D eigenvalue weighted by atomic mass is 35.5. The molecule has 1 N–H and O–H groups in total. The van der Waals surface area contributed by atoms with Gasteiger partial charge in [-0.3, -0.25) is 0 Å². The van der Waals surface area contributed by atoms with Gasteiger partial charge in [-0.1, -0.05) is 23.7 Å². The minimum Gasteiger partial charge on any atom is -0.480 e. The van der Waals surface area contributed by atoms with Crippen LogP contribution in [0.15, 0.2) is 36.4 Å². The van der Waals surface area contributed by atoms with E-state index in [-0.39, 0.29) is 11.4 Å². The van der Waals surface area contributed by atoms with Crippen molar-refractivity contribution in [1.82, 2.24) is 9.97 Å². The Labute approximate surface area is 149 Å². The van der Waals surface area contributed by atoms with Gasteiger partial charge in [0.1, 0.15) is 17.4 Å². The number of imidazole rings is 1. The van der Waals surface area contributed by atoms with E-state index >= 15 is 0 Å². The molecule has 2 heterocycles. The molecule has 0 unspecified atom stereocenters. The molecule has 0 saturated heterocycles. The number of hydrogen-bond donors (Lipinski definition) is 1. The van der Waals surface area contributed by atoms with Crippen LogP contribution in [0.2, 0.25) is 5.02 Å². The van der Waals surface area contributed by atoms with Crippen molar-refractivity contribution in [3.8, 4) is 28.4 Å². The maximum absolute atomic E-state index is 14.4. The van der Waals surface area contributed by atoms with E-state index in [1.165, 1.54) is 6.07 Å². The van der Waals surface area contributed by atoms with E-state index in [0.29, 0.717) is 16.4 Å². The van der Waals surface area contributed by atoms with Crippen molar-refractivity contribution < 1.29 is 9.13 Å². The highest BCUT2D eigenvalue weighted by Gasteiger charge is 2.48. The Kier molecular flexibility index (Phi) is 3.04. The summed E-state index contributed by atoms with van der Waals surface area (Å²) in [6.45, 7) is 2.04. The Morgan fingerprint density at radius 2 is 2.08 bits per heavy atom. The summed E-state index contributed by atoms with van der Waals surface area (Å²) in [7, 11) is 0. The number of hydrogen-bond acceptors (Lipinski definition) is 2. The number of nitrogens with zero attached hydrogens (tertiary/aromatic N) is 1. The molecular formula is C20H16ClFN2O. The molecule has 126 valence electrons. The molecular weight excluding hydrogens is 339 g/mol. The highest BCUT2D eigenvalue weighted by molar-refractivity contribution is 6.33. The molecule has 1 aliphatic heterocycles. The minimum atomic E-state index is -0.383. The van der Waals surface area contributed by atoms with Crippen molar-refractivity contribution in [3.05, 3.63) is 58.5 Å². The van der Waals surface area contributed by atoms with E-state index in [1.807, 2.05) is 25.1 Å². The van der Waals surface area contributed by atoms with Crippen LogP contribution in [-0.2, 0) is 5.60 Å². The standard InChI is InChI=1S/C20H16ClFN2O/c1-11-6-7-12-15(10-11)25-20(8-3-9-20)18-17(12)23-19(24-18)16-13(21)4-2-5-14(16)22/h2,4-7,10H,3,8-9H2,1H3,(H,23,24). The molecule has 1 aliphatic carbocycles. The van der Waals surface area contributed by atoms with Crippen LogP contribution >= 0.6 is 11.6 Å². The van der Waals surface area contributed by atoms with Crippen molar-refractivity contribution in [2.24, 2.45) is 0 Å². The average molecular weight is 355 g/mol. The number of halogens is 2. The Morgan fingerprint density at radius 1 is 1.24 bits per heavy atom. The highest BCUT2D eigenvalue weighted by Crippen LogP contribution is 2.53. The maximum atomic E-state index is 14.4. The summed E-state index contributed by atoms with van der Waals surface area (Å²) in [5, 5.41) is 0.346. The number of rotatable bonds is 1. The summed E-state index contributed by atoms with van der Waals surface area (Å²) in [6.07, 6.45) is 2.97. The second-order valence-electron chi connectivity index (χ2n) is 6.86. The van der Waals surface area contributed by atoms with Crippen LogP contribution in [-0.4, -0.2) is 9.97 Å². The third-order valence-corrected chi connectivity index (χ3v) is 5.53. The molecule has 1 spiro atoms. The number of nitrogens with one attached hydrogen (secondary N) is 1. The smallest absolute Gasteiger partial charge is 0.151 e. The van der Waals surface area contributed by atoms with Gasteiger partial charge in [0.25, 0.3) is 0 Å². The van der Waals surface area contributed by atoms with E-state index in [4.69, 9.17) is 21.3 Å². The molecule has 0 bridgehead atoms. The third-order valence-electron chi connectivity index (χ3n) is 5.22. The van der Waals surface area contributed by atoms with Crippen LogP contribution < -0.4 is 4.74 Å². The lowest BCUT2D eigenvalue weighted by molar-refractivity contribution is -0.0180. The molecule has 3 aromatic rings. The van der Waals surface area contributed by atoms with Gasteiger partial charge in [-0.2, -0.15) is 0 Å². The molecule has 0 amide bonds. The monoisotopic (exact) mass is 354 g/mol. The molecule has 2 aromatic carbocycles. The minimum absolute atomic E-state index is 0.307. The Balaban J connectivity index is 1.76. The van der Waals surface area contributed by atoms with Crippen LogP contribution in [0.25, 0.3) is 22.6 Å². The third kappa shape index (κ3) is 2.07. The molecule has 5 rings (SSSR count). The van der Waals surface area contributed by atoms with Gasteiger partial charge in [-0.15, -0.1) is 0 Å². The van der Waals surface area contributed by atoms with E-state index in [0.717, 1.165) is 47.5 Å². The van der Waals surface area contributed by atoms with Gasteiger partial charge in [-0.05, 0) is 56.0 Å². The molecule has 1 fully saturated rings. The molecule has 3 nitrogen and oxygen atoms in total. The first-order valence-corrected chi connectivity index (χ1v) is 8.80. The van der Waals surface area contributed by atoms with Crippen LogP contribution in [0.5, 0.6) is 5.75 Å². The number of fused-ring (bicyclic) bond motifs is 4. The predicted molar refractivity (Wildman–Crippen MR) is 95.3 cm³/mol. The SMILES string of the molecule is Cc1ccc2c(c1)OC1(CCC1)c1[nH]c(-c3c(F)cccc3Cl)nc1-2. The maximum Gasteiger partial charge on any atom is 0.151 e. The molecule has 1 aromatic heterocycles. The normalized spacial score (nSPS) is 16.8. The Hall–Kier alpha value is -2.33. The van der Waals surface area contributed by atoms with Crippen molar-refractivity contribution in [1.29, 1.82) is 0 Å². The van der Waals surface area contributed by atoms with Crippen molar-refractivity contribution in [2.75, 3.05) is 0 Å². The predicted octanol–water partition coefficient (Wildman–Crippen LogP) is 5.62. The number of aromatic amines is 1. The summed E-state index contributed by atoms with van der Waals surface area (Å²) < 4.78 is 20.7. The lowest BCUT2D eigenvalue weighted by atomic mass is 9.75. The van der Waals surface area contributed by atoms with Crippen molar-refractivity contribution in [2.45, 2.75) is 31.8 Å². The topological polar surface area (TPSA) is 37.9 Å². The van der Waals surface area contributed by atoms with E-state index in [2.05, 4.69) is 4.98 Å². The number of ether oxygens (including phenoxy) is 1. The second kappa shape index (κ2) is 5.09. The van der Waals surface area contributed by atoms with E-state index in [1.54, 1.807) is 12.1 Å². The Bertz CT molecular complexity index is 987. The van der Waals surface area contributed by atoms with Gasteiger partial charge >= 0.3 is 0 Å². The molecule has 5 heteroatoms. The van der Waals surface area contributed by atoms with E-state index < -0.39 is 0 Å². The molecule has 25 heavy (non-hydrogen) atoms. The van der Waals surface area contributed by atoms with Gasteiger partial charge < -0.3 is 9.72 Å². The van der Waals surface area contributed by atoms with E-state index in [9.17, 15) is 4.39 Å². The zero-order valence-electron chi connectivity index (χ0n) is 13.7. The van der Waals surface area contributed by atoms with Gasteiger partial charge in [0.05, 0.1) is 22.0 Å². The number of aryl methyl sites for hydroxylation is 1. The van der Waals surface area contributed by atoms with Gasteiger partial charge in [-0.25, -0.2) is 9.37 Å². The molecule has 0 atom stereocenters. The second-order valence-corrected chi connectivity index (χ2v) is 7.26. The lowest BCUT2D eigenvalue weighted by Crippen LogP contribution is -2.42. The number of benzene rings is 2. The average Bonchev–Trinajstić information content (AvgIpc) is 2.97. The first-order valence-electron chi connectivity index (χ1n) is 8.42. The largest absolute Gasteiger partial charge is 0.480 e. The first-order chi connectivity index (χ1) is 12.1. The number of H-pyrrole nitrogens is 1. The van der Waals surface area contributed by atoms with Gasteiger partial charge in [0, 0.05) is 5.56 Å². The van der Waals surface area contributed by atoms with Crippen molar-refractivity contribution >= 4 is 11.6 Å². The summed E-state index contributed by atoms with van der Waals surface area (Å²) in [4.78, 5) is 8.05. The van der Waals surface area contributed by atoms with Gasteiger partial charge in [0.15, 0.2) is 5.60 Å². The van der Waals surface area contributed by atoms with Gasteiger partial charge in [0.2, 0.25) is 0 Å². The molecule has 2 aliphatic rings. The molecule has 1 saturated carbocycles.